The molecule has 0 bridgehead atoms. The third-order valence-corrected chi connectivity index (χ3v) is 6.65. The summed E-state index contributed by atoms with van der Waals surface area (Å²) in [5.74, 6) is 0.349. The van der Waals surface area contributed by atoms with E-state index in [0.717, 1.165) is 0 Å². The molecule has 0 aromatic heterocycles. The van der Waals surface area contributed by atoms with E-state index < -0.39 is 11.5 Å². The molecule has 3 aliphatic rings. The van der Waals surface area contributed by atoms with Gasteiger partial charge < -0.3 is 15.5 Å². The summed E-state index contributed by atoms with van der Waals surface area (Å²) in [6.07, 6.45) is 7.23. The van der Waals surface area contributed by atoms with Gasteiger partial charge in [0.15, 0.2) is 0 Å². The van der Waals surface area contributed by atoms with Crippen LogP contribution in [0, 0.1) is 11.3 Å². The van der Waals surface area contributed by atoms with Gasteiger partial charge in [0.1, 0.15) is 6.04 Å². The molecule has 2 aliphatic heterocycles. The van der Waals surface area contributed by atoms with Crippen LogP contribution in [0.3, 0.4) is 0 Å². The molecule has 28 heavy (non-hydrogen) atoms. The number of carbonyl (C=O) groups excluding carboxylic acids is 3. The summed E-state index contributed by atoms with van der Waals surface area (Å²) in [7, 11) is 0. The maximum atomic E-state index is 12.7. The topological polar surface area (TPSA) is 78.5 Å². The Morgan fingerprint density at radius 1 is 1.14 bits per heavy atom. The quantitative estimate of drug-likeness (QED) is 0.836. The summed E-state index contributed by atoms with van der Waals surface area (Å²) in [6, 6.07) is 8.67. The third kappa shape index (κ3) is 3.77. The molecule has 2 N–H and O–H groups in total. The molecule has 3 amide bonds. The summed E-state index contributed by atoms with van der Waals surface area (Å²) < 4.78 is 0. The molecule has 1 aromatic carbocycles. The summed E-state index contributed by atoms with van der Waals surface area (Å²) in [4.78, 5) is 39.7. The molecule has 2 saturated heterocycles. The van der Waals surface area contributed by atoms with E-state index in [4.69, 9.17) is 0 Å². The average molecular weight is 383 g/mol. The van der Waals surface area contributed by atoms with Crippen molar-refractivity contribution in [2.75, 3.05) is 19.6 Å². The van der Waals surface area contributed by atoms with Crippen LogP contribution in [0.5, 0.6) is 0 Å². The van der Waals surface area contributed by atoms with Crippen molar-refractivity contribution in [3.05, 3.63) is 35.9 Å². The molecule has 1 aliphatic carbocycles. The minimum absolute atomic E-state index is 0.0459. The zero-order valence-electron chi connectivity index (χ0n) is 16.3. The lowest BCUT2D eigenvalue weighted by Crippen LogP contribution is -2.43. The van der Waals surface area contributed by atoms with Gasteiger partial charge >= 0.3 is 0 Å². The number of hydrogen-bond donors (Lipinski definition) is 2. The van der Waals surface area contributed by atoms with E-state index in [1.54, 1.807) is 17.0 Å². The number of nitrogens with zero attached hydrogens (tertiary/aromatic N) is 1. The highest BCUT2D eigenvalue weighted by atomic mass is 16.2. The molecule has 4 rings (SSSR count). The van der Waals surface area contributed by atoms with Gasteiger partial charge in [0.05, 0.1) is 5.41 Å². The number of nitrogens with one attached hydrogen (secondary N) is 2. The predicted molar refractivity (Wildman–Crippen MR) is 106 cm³/mol. The number of carbonyl (C=O) groups is 3. The standard InChI is InChI=1S/C22H29N3O3/c26-19(23-14-16-7-3-1-4-8-16)18-13-22(21(28)24-18)11-12-25(15-22)20(27)17-9-5-2-6-10-17/h2,5-6,9-10,16,18H,1,3-4,7-8,11-15H2,(H,23,26)(H,24,28)/t18-,22-/m0/s1. The van der Waals surface area contributed by atoms with Crippen molar-refractivity contribution in [3.63, 3.8) is 0 Å². The van der Waals surface area contributed by atoms with E-state index in [0.29, 0.717) is 44.0 Å². The van der Waals surface area contributed by atoms with Crippen LogP contribution in [-0.4, -0.2) is 48.3 Å². The molecular formula is C22H29N3O3. The highest BCUT2D eigenvalue weighted by Gasteiger charge is 2.53. The molecule has 1 aromatic rings. The molecule has 6 nitrogen and oxygen atoms in total. The van der Waals surface area contributed by atoms with Gasteiger partial charge in [0.2, 0.25) is 11.8 Å². The van der Waals surface area contributed by atoms with E-state index in [9.17, 15) is 14.4 Å². The summed E-state index contributed by atoms with van der Waals surface area (Å²) in [6.45, 7) is 1.65. The molecule has 150 valence electrons. The Morgan fingerprint density at radius 2 is 1.89 bits per heavy atom. The minimum atomic E-state index is -0.628. The van der Waals surface area contributed by atoms with Crippen LogP contribution in [0.2, 0.25) is 0 Å². The van der Waals surface area contributed by atoms with Gasteiger partial charge in [-0.05, 0) is 43.7 Å². The Kier molecular flexibility index (Phi) is 5.38. The van der Waals surface area contributed by atoms with Crippen LogP contribution in [0.4, 0.5) is 0 Å². The molecule has 0 radical (unpaired) electrons. The Bertz CT molecular complexity index is 745. The van der Waals surface area contributed by atoms with Crippen molar-refractivity contribution < 1.29 is 14.4 Å². The second-order valence-electron chi connectivity index (χ2n) is 8.60. The first-order valence-corrected chi connectivity index (χ1v) is 10.5. The number of amides is 3. The first kappa shape index (κ1) is 19.0. The zero-order chi connectivity index (χ0) is 19.6. The van der Waals surface area contributed by atoms with Gasteiger partial charge in [0, 0.05) is 25.2 Å². The van der Waals surface area contributed by atoms with Gasteiger partial charge in [-0.2, -0.15) is 0 Å². The number of hydrogen-bond acceptors (Lipinski definition) is 3. The first-order valence-electron chi connectivity index (χ1n) is 10.5. The lowest BCUT2D eigenvalue weighted by molar-refractivity contribution is -0.128. The van der Waals surface area contributed by atoms with E-state index in [-0.39, 0.29) is 17.7 Å². The average Bonchev–Trinajstić information content (AvgIpc) is 3.31. The fraction of sp³-hybridized carbons (Fsp3) is 0.591. The van der Waals surface area contributed by atoms with E-state index >= 15 is 0 Å². The number of rotatable bonds is 4. The molecule has 2 heterocycles. The van der Waals surface area contributed by atoms with Crippen molar-refractivity contribution in [1.29, 1.82) is 0 Å². The molecular weight excluding hydrogens is 354 g/mol. The highest BCUT2D eigenvalue weighted by Crippen LogP contribution is 2.40. The fourth-order valence-electron chi connectivity index (χ4n) is 4.92. The second kappa shape index (κ2) is 7.94. The monoisotopic (exact) mass is 383 g/mol. The van der Waals surface area contributed by atoms with Crippen molar-refractivity contribution in [1.82, 2.24) is 15.5 Å². The molecule has 3 fully saturated rings. The largest absolute Gasteiger partial charge is 0.354 e. The van der Waals surface area contributed by atoms with Crippen LogP contribution in [0.15, 0.2) is 30.3 Å². The second-order valence-corrected chi connectivity index (χ2v) is 8.60. The van der Waals surface area contributed by atoms with E-state index in [2.05, 4.69) is 10.6 Å². The zero-order valence-corrected chi connectivity index (χ0v) is 16.3. The maximum Gasteiger partial charge on any atom is 0.253 e. The smallest absolute Gasteiger partial charge is 0.253 e. The Labute approximate surface area is 166 Å². The van der Waals surface area contributed by atoms with Crippen molar-refractivity contribution >= 4 is 17.7 Å². The van der Waals surface area contributed by atoms with Crippen LogP contribution in [0.25, 0.3) is 0 Å². The van der Waals surface area contributed by atoms with E-state index in [1.165, 1.54) is 32.1 Å². The van der Waals surface area contributed by atoms with E-state index in [1.807, 2.05) is 18.2 Å². The lowest BCUT2D eigenvalue weighted by Gasteiger charge is -2.23. The Hall–Kier alpha value is -2.37. The van der Waals surface area contributed by atoms with Crippen molar-refractivity contribution in [2.24, 2.45) is 11.3 Å². The first-order chi connectivity index (χ1) is 13.6. The van der Waals surface area contributed by atoms with Gasteiger partial charge in [-0.3, -0.25) is 14.4 Å². The summed E-state index contributed by atoms with van der Waals surface area (Å²) in [5, 5.41) is 5.93. The molecule has 6 heteroatoms. The number of benzene rings is 1. The molecule has 2 atom stereocenters. The lowest BCUT2D eigenvalue weighted by atomic mass is 9.83. The third-order valence-electron chi connectivity index (χ3n) is 6.65. The number of likely N-dealkylation sites (tertiary alicyclic amines) is 1. The summed E-state index contributed by atoms with van der Waals surface area (Å²) in [5.41, 5.74) is 0.0109. The highest BCUT2D eigenvalue weighted by molar-refractivity contribution is 5.97. The molecule has 1 spiro atoms. The normalized spacial score (nSPS) is 27.8. The Morgan fingerprint density at radius 3 is 2.64 bits per heavy atom. The maximum absolute atomic E-state index is 12.7. The van der Waals surface area contributed by atoms with Crippen molar-refractivity contribution in [3.8, 4) is 0 Å². The van der Waals surface area contributed by atoms with Gasteiger partial charge in [-0.15, -0.1) is 0 Å². The van der Waals surface area contributed by atoms with Gasteiger partial charge in [0.25, 0.3) is 5.91 Å². The Balaban J connectivity index is 1.34. The fourth-order valence-corrected chi connectivity index (χ4v) is 4.92. The van der Waals surface area contributed by atoms with Crippen LogP contribution < -0.4 is 10.6 Å². The van der Waals surface area contributed by atoms with Gasteiger partial charge in [-0.1, -0.05) is 37.5 Å². The SMILES string of the molecule is O=C(NCC1CCCCC1)[C@@H]1C[C@]2(CCN(C(=O)c3ccccc3)C2)C(=O)N1. The van der Waals surface area contributed by atoms with Gasteiger partial charge in [-0.25, -0.2) is 0 Å². The van der Waals surface area contributed by atoms with Crippen LogP contribution in [0.1, 0.15) is 55.3 Å². The van der Waals surface area contributed by atoms with Crippen molar-refractivity contribution in [2.45, 2.75) is 51.0 Å². The molecule has 0 unspecified atom stereocenters. The van der Waals surface area contributed by atoms with Crippen LogP contribution >= 0.6 is 0 Å². The minimum Gasteiger partial charge on any atom is -0.354 e. The summed E-state index contributed by atoms with van der Waals surface area (Å²) >= 11 is 0. The molecule has 1 saturated carbocycles. The predicted octanol–water partition coefficient (Wildman–Crippen LogP) is 2.10. The van der Waals surface area contributed by atoms with Crippen LogP contribution in [-0.2, 0) is 9.59 Å².